The number of nitrogens with two attached hydrogens (primary N) is 1. The van der Waals surface area contributed by atoms with Crippen LogP contribution in [0.5, 0.6) is 0 Å². The Labute approximate surface area is 105 Å². The minimum Gasteiger partial charge on any atom is -0.368 e. The first-order valence-corrected chi connectivity index (χ1v) is 6.34. The minimum atomic E-state index is -4.09. The molecular formula is C12H21F3N2O. The van der Waals surface area contributed by atoms with Gasteiger partial charge in [-0.3, -0.25) is 4.79 Å². The Morgan fingerprint density at radius 1 is 1.22 bits per heavy atom. The molecule has 1 atom stereocenters. The van der Waals surface area contributed by atoms with Gasteiger partial charge in [-0.25, -0.2) is 0 Å². The Morgan fingerprint density at radius 2 is 1.72 bits per heavy atom. The monoisotopic (exact) mass is 266 g/mol. The standard InChI is InChI=1S/C12H21F3N2O/c1-7(2)10(11(16)18)17-9-5-3-8(4-6-9)12(13,14)15/h7-10,17H,3-6H2,1-2H3,(H2,16,18). The number of nitrogens with one attached hydrogen (secondary N) is 1. The van der Waals surface area contributed by atoms with Gasteiger partial charge >= 0.3 is 6.18 Å². The molecule has 0 spiro atoms. The average molecular weight is 266 g/mol. The summed E-state index contributed by atoms with van der Waals surface area (Å²) in [7, 11) is 0. The van der Waals surface area contributed by atoms with Gasteiger partial charge in [0.25, 0.3) is 0 Å². The fourth-order valence-electron chi connectivity index (χ4n) is 2.44. The van der Waals surface area contributed by atoms with Crippen molar-refractivity contribution in [3.63, 3.8) is 0 Å². The lowest BCUT2D eigenvalue weighted by molar-refractivity contribution is -0.183. The van der Waals surface area contributed by atoms with E-state index in [1.807, 2.05) is 13.8 Å². The van der Waals surface area contributed by atoms with Crippen molar-refractivity contribution in [2.45, 2.75) is 57.8 Å². The molecule has 1 amide bonds. The third-order valence-corrected chi connectivity index (χ3v) is 3.58. The van der Waals surface area contributed by atoms with Crippen LogP contribution in [0.15, 0.2) is 0 Å². The lowest BCUT2D eigenvalue weighted by Gasteiger charge is -2.33. The number of amides is 1. The van der Waals surface area contributed by atoms with Gasteiger partial charge in [-0.2, -0.15) is 13.2 Å². The SMILES string of the molecule is CC(C)C(NC1CCC(C(F)(F)F)CC1)C(N)=O. The topological polar surface area (TPSA) is 55.1 Å². The first kappa shape index (κ1) is 15.3. The van der Waals surface area contributed by atoms with Crippen molar-refractivity contribution < 1.29 is 18.0 Å². The summed E-state index contributed by atoms with van der Waals surface area (Å²) >= 11 is 0. The van der Waals surface area contributed by atoms with Crippen molar-refractivity contribution in [3.8, 4) is 0 Å². The van der Waals surface area contributed by atoms with E-state index in [0.717, 1.165) is 0 Å². The van der Waals surface area contributed by atoms with E-state index in [0.29, 0.717) is 12.8 Å². The maximum atomic E-state index is 12.5. The molecular weight excluding hydrogens is 245 g/mol. The zero-order valence-electron chi connectivity index (χ0n) is 10.8. The van der Waals surface area contributed by atoms with Gasteiger partial charge in [0, 0.05) is 6.04 Å². The van der Waals surface area contributed by atoms with Gasteiger partial charge in [0.15, 0.2) is 0 Å². The highest BCUT2D eigenvalue weighted by Crippen LogP contribution is 2.37. The molecule has 1 fully saturated rings. The number of carbonyl (C=O) groups excluding carboxylic acids is 1. The first-order valence-electron chi connectivity index (χ1n) is 6.34. The summed E-state index contributed by atoms with van der Waals surface area (Å²) in [5.74, 6) is -1.59. The number of rotatable bonds is 4. The molecule has 18 heavy (non-hydrogen) atoms. The maximum absolute atomic E-state index is 12.5. The van der Waals surface area contributed by atoms with E-state index in [1.165, 1.54) is 0 Å². The Morgan fingerprint density at radius 3 is 2.06 bits per heavy atom. The molecule has 0 aromatic heterocycles. The molecule has 0 aliphatic heterocycles. The van der Waals surface area contributed by atoms with Gasteiger partial charge < -0.3 is 11.1 Å². The molecule has 1 rings (SSSR count). The summed E-state index contributed by atoms with van der Waals surface area (Å²) in [6, 6.07) is -0.499. The minimum absolute atomic E-state index is 0.0384. The van der Waals surface area contributed by atoms with Crippen LogP contribution in [0.2, 0.25) is 0 Å². The highest BCUT2D eigenvalue weighted by Gasteiger charge is 2.41. The molecule has 3 N–H and O–H groups in total. The Balaban J connectivity index is 2.46. The molecule has 0 bridgehead atoms. The first-order chi connectivity index (χ1) is 8.21. The molecule has 106 valence electrons. The summed E-state index contributed by atoms with van der Waals surface area (Å²) in [6.45, 7) is 3.73. The predicted molar refractivity (Wildman–Crippen MR) is 62.8 cm³/mol. The number of hydrogen-bond donors (Lipinski definition) is 2. The van der Waals surface area contributed by atoms with Crippen LogP contribution >= 0.6 is 0 Å². The van der Waals surface area contributed by atoms with Crippen molar-refractivity contribution in [2.24, 2.45) is 17.6 Å². The van der Waals surface area contributed by atoms with E-state index in [-0.39, 0.29) is 24.8 Å². The molecule has 0 aromatic carbocycles. The van der Waals surface area contributed by atoms with Gasteiger partial charge in [0.05, 0.1) is 12.0 Å². The van der Waals surface area contributed by atoms with Crippen molar-refractivity contribution in [2.75, 3.05) is 0 Å². The number of primary amides is 1. The third-order valence-electron chi connectivity index (χ3n) is 3.58. The number of carbonyl (C=O) groups is 1. The van der Waals surface area contributed by atoms with Gasteiger partial charge in [-0.1, -0.05) is 13.8 Å². The molecule has 1 aliphatic carbocycles. The molecule has 0 aromatic rings. The van der Waals surface area contributed by atoms with E-state index in [9.17, 15) is 18.0 Å². The van der Waals surface area contributed by atoms with Gasteiger partial charge in [0.2, 0.25) is 5.91 Å². The lowest BCUT2D eigenvalue weighted by Crippen LogP contribution is -2.50. The molecule has 3 nitrogen and oxygen atoms in total. The van der Waals surface area contributed by atoms with E-state index in [2.05, 4.69) is 5.32 Å². The average Bonchev–Trinajstić information content (AvgIpc) is 2.24. The van der Waals surface area contributed by atoms with Crippen LogP contribution in [-0.2, 0) is 4.79 Å². The molecule has 0 heterocycles. The fourth-order valence-corrected chi connectivity index (χ4v) is 2.44. The second-order valence-electron chi connectivity index (χ2n) is 5.38. The Bertz CT molecular complexity index is 284. The number of hydrogen-bond acceptors (Lipinski definition) is 2. The van der Waals surface area contributed by atoms with E-state index < -0.39 is 24.0 Å². The van der Waals surface area contributed by atoms with Crippen molar-refractivity contribution >= 4 is 5.91 Å². The van der Waals surface area contributed by atoms with Crippen LogP contribution in [-0.4, -0.2) is 24.2 Å². The lowest BCUT2D eigenvalue weighted by atomic mass is 9.85. The molecule has 1 unspecified atom stereocenters. The number of halogens is 3. The van der Waals surface area contributed by atoms with Gasteiger partial charge in [-0.05, 0) is 31.6 Å². The fraction of sp³-hybridized carbons (Fsp3) is 0.917. The zero-order chi connectivity index (χ0) is 13.9. The van der Waals surface area contributed by atoms with Crippen LogP contribution in [0, 0.1) is 11.8 Å². The van der Waals surface area contributed by atoms with Crippen LogP contribution in [0.3, 0.4) is 0 Å². The van der Waals surface area contributed by atoms with Crippen molar-refractivity contribution in [1.82, 2.24) is 5.32 Å². The van der Waals surface area contributed by atoms with Gasteiger partial charge in [0.1, 0.15) is 0 Å². The molecule has 0 saturated heterocycles. The quantitative estimate of drug-likeness (QED) is 0.819. The highest BCUT2D eigenvalue weighted by atomic mass is 19.4. The zero-order valence-corrected chi connectivity index (χ0v) is 10.8. The molecule has 1 aliphatic rings. The highest BCUT2D eigenvalue weighted by molar-refractivity contribution is 5.80. The van der Waals surface area contributed by atoms with E-state index in [1.54, 1.807) is 0 Å². The summed E-state index contributed by atoms with van der Waals surface area (Å²) in [4.78, 5) is 11.2. The second kappa shape index (κ2) is 5.91. The van der Waals surface area contributed by atoms with Crippen molar-refractivity contribution in [1.29, 1.82) is 0 Å². The smallest absolute Gasteiger partial charge is 0.368 e. The van der Waals surface area contributed by atoms with Crippen LogP contribution in [0.25, 0.3) is 0 Å². The summed E-state index contributed by atoms with van der Waals surface area (Å²) < 4.78 is 37.5. The van der Waals surface area contributed by atoms with Crippen molar-refractivity contribution in [3.05, 3.63) is 0 Å². The Kier molecular flexibility index (Phi) is 5.01. The summed E-state index contributed by atoms with van der Waals surface area (Å²) in [6.07, 6.45) is -2.94. The van der Waals surface area contributed by atoms with E-state index in [4.69, 9.17) is 5.73 Å². The predicted octanol–water partition coefficient (Wildman–Crippen LogP) is 2.21. The summed E-state index contributed by atoms with van der Waals surface area (Å²) in [5.41, 5.74) is 5.27. The summed E-state index contributed by atoms with van der Waals surface area (Å²) in [5, 5.41) is 3.08. The molecule has 1 saturated carbocycles. The van der Waals surface area contributed by atoms with Crippen LogP contribution < -0.4 is 11.1 Å². The van der Waals surface area contributed by atoms with Crippen LogP contribution in [0.4, 0.5) is 13.2 Å². The number of alkyl halides is 3. The van der Waals surface area contributed by atoms with Gasteiger partial charge in [-0.15, -0.1) is 0 Å². The Hall–Kier alpha value is -0.780. The van der Waals surface area contributed by atoms with Crippen LogP contribution in [0.1, 0.15) is 39.5 Å². The normalized spacial score (nSPS) is 27.2. The molecule has 0 radical (unpaired) electrons. The molecule has 6 heteroatoms. The maximum Gasteiger partial charge on any atom is 0.391 e. The largest absolute Gasteiger partial charge is 0.391 e. The van der Waals surface area contributed by atoms with E-state index >= 15 is 0 Å². The third kappa shape index (κ3) is 4.15. The second-order valence-corrected chi connectivity index (χ2v) is 5.38.